The predicted molar refractivity (Wildman–Crippen MR) is 136 cm³/mol. The summed E-state index contributed by atoms with van der Waals surface area (Å²) in [5, 5.41) is 8.81. The Labute approximate surface area is 189 Å². The van der Waals surface area contributed by atoms with Crippen molar-refractivity contribution in [1.82, 2.24) is 0 Å². The SMILES string of the molecule is C=C1CCCC=C1c1ccc(C(=N)c2ccc(C(C)(C)/C=C\C(C)(C)C)cc2C)cc1. The van der Waals surface area contributed by atoms with E-state index in [1.807, 2.05) is 0 Å². The van der Waals surface area contributed by atoms with Crippen LogP contribution in [0.3, 0.4) is 0 Å². The molecule has 1 nitrogen and oxygen atoms in total. The molecule has 1 aliphatic rings. The van der Waals surface area contributed by atoms with Crippen LogP contribution in [0.25, 0.3) is 5.57 Å². The summed E-state index contributed by atoms with van der Waals surface area (Å²) >= 11 is 0. The molecule has 0 aliphatic heterocycles. The lowest BCUT2D eigenvalue weighted by Crippen LogP contribution is -2.16. The van der Waals surface area contributed by atoms with Gasteiger partial charge in [0.25, 0.3) is 0 Å². The maximum atomic E-state index is 8.81. The molecule has 0 spiro atoms. The maximum Gasteiger partial charge on any atom is 0.0687 e. The van der Waals surface area contributed by atoms with Gasteiger partial charge in [-0.15, -0.1) is 0 Å². The molecule has 0 saturated carbocycles. The molecular weight excluding hydrogens is 374 g/mol. The Morgan fingerprint density at radius 2 is 1.65 bits per heavy atom. The molecule has 0 radical (unpaired) electrons. The fourth-order valence-electron chi connectivity index (χ4n) is 4.03. The van der Waals surface area contributed by atoms with E-state index in [9.17, 15) is 0 Å². The van der Waals surface area contributed by atoms with E-state index in [0.29, 0.717) is 5.71 Å². The molecule has 0 aromatic heterocycles. The lowest BCUT2D eigenvalue weighted by atomic mass is 9.80. The van der Waals surface area contributed by atoms with Gasteiger partial charge in [0.1, 0.15) is 0 Å². The van der Waals surface area contributed by atoms with Gasteiger partial charge >= 0.3 is 0 Å². The molecular formula is C30H37N. The zero-order valence-corrected chi connectivity index (χ0v) is 20.1. The predicted octanol–water partition coefficient (Wildman–Crippen LogP) is 8.41. The Bertz CT molecular complexity index is 1040. The van der Waals surface area contributed by atoms with Crippen molar-refractivity contribution in [2.45, 2.75) is 66.2 Å². The molecule has 0 amide bonds. The maximum absolute atomic E-state index is 8.81. The first-order valence-electron chi connectivity index (χ1n) is 11.4. The number of aryl methyl sites for hydroxylation is 1. The molecule has 1 N–H and O–H groups in total. The zero-order valence-electron chi connectivity index (χ0n) is 20.1. The van der Waals surface area contributed by atoms with Gasteiger partial charge in [-0.2, -0.15) is 0 Å². The third-order valence-electron chi connectivity index (χ3n) is 6.14. The van der Waals surface area contributed by atoms with E-state index in [1.165, 1.54) is 28.7 Å². The van der Waals surface area contributed by atoms with Gasteiger partial charge in [0.05, 0.1) is 5.71 Å². The molecule has 0 heterocycles. The minimum Gasteiger partial charge on any atom is -0.300 e. The summed E-state index contributed by atoms with van der Waals surface area (Å²) in [6.07, 6.45) is 10.3. The number of hydrogen-bond acceptors (Lipinski definition) is 1. The monoisotopic (exact) mass is 411 g/mol. The van der Waals surface area contributed by atoms with Crippen LogP contribution in [0.5, 0.6) is 0 Å². The number of nitrogens with one attached hydrogen (secondary N) is 1. The molecule has 1 heteroatoms. The molecule has 0 atom stereocenters. The third-order valence-corrected chi connectivity index (χ3v) is 6.14. The van der Waals surface area contributed by atoms with E-state index in [-0.39, 0.29) is 10.8 Å². The Kier molecular flexibility index (Phi) is 6.55. The minimum atomic E-state index is -0.0451. The molecule has 0 saturated heterocycles. The topological polar surface area (TPSA) is 23.9 Å². The second kappa shape index (κ2) is 8.83. The highest BCUT2D eigenvalue weighted by atomic mass is 14.4. The highest BCUT2D eigenvalue weighted by Crippen LogP contribution is 2.32. The lowest BCUT2D eigenvalue weighted by Gasteiger charge is -2.24. The number of allylic oxidation sites excluding steroid dienone is 5. The molecule has 2 aromatic carbocycles. The lowest BCUT2D eigenvalue weighted by molar-refractivity contribution is 0.532. The first kappa shape index (κ1) is 23.0. The minimum absolute atomic E-state index is 0.0451. The summed E-state index contributed by atoms with van der Waals surface area (Å²) in [6.45, 7) is 17.5. The number of hydrogen-bond donors (Lipinski definition) is 1. The molecule has 1 aliphatic carbocycles. The average Bonchev–Trinajstić information content (AvgIpc) is 2.72. The number of rotatable bonds is 5. The molecule has 162 valence electrons. The van der Waals surface area contributed by atoms with Gasteiger partial charge in [0.15, 0.2) is 0 Å². The summed E-state index contributed by atoms with van der Waals surface area (Å²) < 4.78 is 0. The second-order valence-electron chi connectivity index (χ2n) is 10.5. The van der Waals surface area contributed by atoms with Crippen LogP contribution in [0, 0.1) is 17.7 Å². The molecule has 3 rings (SSSR count). The fraction of sp³-hybridized carbons (Fsp3) is 0.367. The molecule has 0 bridgehead atoms. The average molecular weight is 412 g/mol. The standard InChI is InChI=1S/C30H37N/c1-21-10-8-9-11-26(21)23-12-14-24(15-13-23)28(31)27-17-16-25(20-22(27)2)30(6,7)19-18-29(3,4)5/h11-20,31H,1,8-10H2,2-7H3/b19-18-,31-28?. The van der Waals surface area contributed by atoms with Crippen LogP contribution in [-0.2, 0) is 5.41 Å². The Hall–Kier alpha value is -2.67. The Morgan fingerprint density at radius 1 is 0.968 bits per heavy atom. The zero-order chi connectivity index (χ0) is 22.8. The van der Waals surface area contributed by atoms with E-state index in [0.717, 1.165) is 29.5 Å². The van der Waals surface area contributed by atoms with Crippen LogP contribution < -0.4 is 0 Å². The highest BCUT2D eigenvalue weighted by Gasteiger charge is 2.20. The van der Waals surface area contributed by atoms with E-state index >= 15 is 0 Å². The Morgan fingerprint density at radius 3 is 2.23 bits per heavy atom. The van der Waals surface area contributed by atoms with Gasteiger partial charge in [-0.3, -0.25) is 5.41 Å². The third kappa shape index (κ3) is 5.53. The van der Waals surface area contributed by atoms with Gasteiger partial charge in [0, 0.05) is 16.5 Å². The number of benzene rings is 2. The molecule has 0 unspecified atom stereocenters. The largest absolute Gasteiger partial charge is 0.300 e. The van der Waals surface area contributed by atoms with Crippen LogP contribution in [0.4, 0.5) is 0 Å². The normalized spacial score (nSPS) is 15.3. The van der Waals surface area contributed by atoms with Gasteiger partial charge < -0.3 is 0 Å². The van der Waals surface area contributed by atoms with Gasteiger partial charge in [-0.05, 0) is 59.4 Å². The first-order valence-corrected chi connectivity index (χ1v) is 11.4. The van der Waals surface area contributed by atoms with Gasteiger partial charge in [-0.1, -0.05) is 102 Å². The van der Waals surface area contributed by atoms with Crippen LogP contribution in [-0.4, -0.2) is 5.71 Å². The highest BCUT2D eigenvalue weighted by molar-refractivity contribution is 6.11. The van der Waals surface area contributed by atoms with Crippen molar-refractivity contribution in [1.29, 1.82) is 5.41 Å². The van der Waals surface area contributed by atoms with Crippen LogP contribution in [0.1, 0.15) is 81.7 Å². The van der Waals surface area contributed by atoms with E-state index in [4.69, 9.17) is 5.41 Å². The molecule has 2 aromatic rings. The fourth-order valence-corrected chi connectivity index (χ4v) is 4.03. The van der Waals surface area contributed by atoms with Crippen molar-refractivity contribution in [2.75, 3.05) is 0 Å². The second-order valence-corrected chi connectivity index (χ2v) is 10.5. The molecule has 0 fully saturated rings. The Balaban J connectivity index is 1.83. The quantitative estimate of drug-likeness (QED) is 0.377. The summed E-state index contributed by atoms with van der Waals surface area (Å²) in [7, 11) is 0. The van der Waals surface area contributed by atoms with Crippen molar-refractivity contribution < 1.29 is 0 Å². The smallest absolute Gasteiger partial charge is 0.0687 e. The van der Waals surface area contributed by atoms with Gasteiger partial charge in [-0.25, -0.2) is 0 Å². The summed E-state index contributed by atoms with van der Waals surface area (Å²) in [4.78, 5) is 0. The van der Waals surface area contributed by atoms with Crippen LogP contribution in [0.2, 0.25) is 0 Å². The van der Waals surface area contributed by atoms with Crippen LogP contribution in [0.15, 0.2) is 72.8 Å². The van der Waals surface area contributed by atoms with E-state index < -0.39 is 0 Å². The van der Waals surface area contributed by atoms with Crippen molar-refractivity contribution in [2.24, 2.45) is 5.41 Å². The van der Waals surface area contributed by atoms with Crippen molar-refractivity contribution in [3.05, 3.63) is 101 Å². The molecule has 31 heavy (non-hydrogen) atoms. The first-order chi connectivity index (χ1) is 14.5. The summed E-state index contributed by atoms with van der Waals surface area (Å²) in [5.41, 5.74) is 8.78. The van der Waals surface area contributed by atoms with E-state index in [1.54, 1.807) is 0 Å². The summed E-state index contributed by atoms with van der Waals surface area (Å²) in [5.74, 6) is 0. The summed E-state index contributed by atoms with van der Waals surface area (Å²) in [6, 6.07) is 14.9. The van der Waals surface area contributed by atoms with Gasteiger partial charge in [0.2, 0.25) is 0 Å². The van der Waals surface area contributed by atoms with Crippen molar-refractivity contribution >= 4 is 11.3 Å². The van der Waals surface area contributed by atoms with Crippen molar-refractivity contribution in [3.8, 4) is 0 Å². The van der Waals surface area contributed by atoms with E-state index in [2.05, 4.69) is 109 Å². The van der Waals surface area contributed by atoms with Crippen molar-refractivity contribution in [3.63, 3.8) is 0 Å². The van der Waals surface area contributed by atoms with Crippen LogP contribution >= 0.6 is 0 Å².